The molecule has 1 aliphatic heterocycles. The van der Waals surface area contributed by atoms with Gasteiger partial charge in [-0.1, -0.05) is 60.7 Å². The minimum absolute atomic E-state index is 0.0722. The molecule has 0 saturated carbocycles. The summed E-state index contributed by atoms with van der Waals surface area (Å²) in [6.45, 7) is 3.38. The second-order valence-electron chi connectivity index (χ2n) is 6.33. The molecule has 1 aliphatic rings. The van der Waals surface area contributed by atoms with E-state index >= 15 is 0 Å². The summed E-state index contributed by atoms with van der Waals surface area (Å²) in [4.78, 5) is 15.2. The Bertz CT molecular complexity index is 917. The minimum atomic E-state index is -0.0722. The highest BCUT2D eigenvalue weighted by atomic mass is 16.5. The van der Waals surface area contributed by atoms with Crippen LogP contribution < -0.4 is 10.5 Å². The summed E-state index contributed by atoms with van der Waals surface area (Å²) < 4.78 is 7.02. The zero-order valence-corrected chi connectivity index (χ0v) is 14.5. The number of benzene rings is 2. The summed E-state index contributed by atoms with van der Waals surface area (Å²) in [5.41, 5.74) is 2.58. The number of morpholine rings is 1. The summed E-state index contributed by atoms with van der Waals surface area (Å²) in [6, 6.07) is 21.6. The molecule has 5 nitrogen and oxygen atoms in total. The third-order valence-electron chi connectivity index (χ3n) is 4.56. The number of aromatic nitrogens is 2. The van der Waals surface area contributed by atoms with Crippen LogP contribution in [0.15, 0.2) is 71.5 Å². The van der Waals surface area contributed by atoms with Crippen LogP contribution in [0, 0.1) is 0 Å². The van der Waals surface area contributed by atoms with Crippen LogP contribution in [-0.2, 0) is 11.3 Å². The molecule has 0 unspecified atom stereocenters. The highest BCUT2D eigenvalue weighted by Crippen LogP contribution is 2.20. The molecule has 2 aromatic carbocycles. The monoisotopic (exact) mass is 347 g/mol. The van der Waals surface area contributed by atoms with E-state index in [1.807, 2.05) is 66.7 Å². The van der Waals surface area contributed by atoms with Crippen LogP contribution in [0.3, 0.4) is 0 Å². The maximum atomic E-state index is 13.1. The van der Waals surface area contributed by atoms with Gasteiger partial charge in [0, 0.05) is 13.1 Å². The van der Waals surface area contributed by atoms with Gasteiger partial charge < -0.3 is 9.64 Å². The molecule has 132 valence electrons. The second kappa shape index (κ2) is 7.54. The highest BCUT2D eigenvalue weighted by molar-refractivity contribution is 5.65. The molecule has 5 heteroatoms. The van der Waals surface area contributed by atoms with Crippen LogP contribution in [0.2, 0.25) is 0 Å². The summed E-state index contributed by atoms with van der Waals surface area (Å²) in [5, 5.41) is 4.65. The molecule has 0 N–H and O–H groups in total. The van der Waals surface area contributed by atoms with Crippen molar-refractivity contribution in [2.45, 2.75) is 6.54 Å². The molecule has 1 aromatic heterocycles. The average molecular weight is 347 g/mol. The fourth-order valence-corrected chi connectivity index (χ4v) is 3.16. The number of anilines is 1. The SMILES string of the molecule is O=c1c(-c2ccccc2)cc(N2CCOCC2)nn1Cc1ccccc1. The largest absolute Gasteiger partial charge is 0.378 e. The molecule has 0 atom stereocenters. The molecule has 0 spiro atoms. The maximum Gasteiger partial charge on any atom is 0.275 e. The van der Waals surface area contributed by atoms with Gasteiger partial charge in [-0.05, 0) is 17.2 Å². The topological polar surface area (TPSA) is 47.4 Å². The summed E-state index contributed by atoms with van der Waals surface area (Å²) in [6.07, 6.45) is 0. The smallest absolute Gasteiger partial charge is 0.275 e. The lowest BCUT2D eigenvalue weighted by molar-refractivity contribution is 0.122. The van der Waals surface area contributed by atoms with Crippen molar-refractivity contribution in [2.24, 2.45) is 0 Å². The van der Waals surface area contributed by atoms with E-state index in [0.717, 1.165) is 30.0 Å². The Morgan fingerprint density at radius 2 is 1.58 bits per heavy atom. The molecule has 1 saturated heterocycles. The Balaban J connectivity index is 1.80. The first-order valence-electron chi connectivity index (χ1n) is 8.85. The predicted octanol–water partition coefficient (Wildman–Crippen LogP) is 2.80. The molecule has 0 bridgehead atoms. The number of hydrogen-bond acceptors (Lipinski definition) is 4. The third kappa shape index (κ3) is 3.53. The summed E-state index contributed by atoms with van der Waals surface area (Å²) >= 11 is 0. The van der Waals surface area contributed by atoms with Crippen LogP contribution in [0.1, 0.15) is 5.56 Å². The van der Waals surface area contributed by atoms with Gasteiger partial charge in [-0.3, -0.25) is 4.79 Å². The Labute approximate surface area is 152 Å². The first kappa shape index (κ1) is 16.5. The maximum absolute atomic E-state index is 13.1. The molecule has 3 aromatic rings. The van der Waals surface area contributed by atoms with Crippen LogP contribution >= 0.6 is 0 Å². The van der Waals surface area contributed by atoms with Crippen molar-refractivity contribution >= 4 is 5.82 Å². The van der Waals surface area contributed by atoms with E-state index in [-0.39, 0.29) is 5.56 Å². The Hall–Kier alpha value is -2.92. The zero-order valence-electron chi connectivity index (χ0n) is 14.5. The molecule has 0 aliphatic carbocycles. The van der Waals surface area contributed by atoms with E-state index in [4.69, 9.17) is 4.74 Å². The van der Waals surface area contributed by atoms with E-state index in [2.05, 4.69) is 10.00 Å². The lowest BCUT2D eigenvalue weighted by Gasteiger charge is -2.28. The number of ether oxygens (including phenoxy) is 1. The number of rotatable bonds is 4. The lowest BCUT2D eigenvalue weighted by Crippen LogP contribution is -2.38. The number of hydrogen-bond donors (Lipinski definition) is 0. The molecule has 4 rings (SSSR count). The van der Waals surface area contributed by atoms with Gasteiger partial charge in [-0.2, -0.15) is 5.10 Å². The average Bonchev–Trinajstić information content (AvgIpc) is 2.71. The first-order valence-corrected chi connectivity index (χ1v) is 8.85. The number of nitrogens with zero attached hydrogens (tertiary/aromatic N) is 3. The Morgan fingerprint density at radius 1 is 0.923 bits per heavy atom. The third-order valence-corrected chi connectivity index (χ3v) is 4.56. The van der Waals surface area contributed by atoms with E-state index in [0.29, 0.717) is 25.3 Å². The normalized spacial score (nSPS) is 14.4. The van der Waals surface area contributed by atoms with Gasteiger partial charge in [0.15, 0.2) is 0 Å². The van der Waals surface area contributed by atoms with Gasteiger partial charge in [0.25, 0.3) is 5.56 Å². The van der Waals surface area contributed by atoms with Gasteiger partial charge in [-0.15, -0.1) is 0 Å². The highest BCUT2D eigenvalue weighted by Gasteiger charge is 2.17. The zero-order chi connectivity index (χ0) is 17.8. The van der Waals surface area contributed by atoms with Crippen molar-refractivity contribution in [1.82, 2.24) is 9.78 Å². The van der Waals surface area contributed by atoms with Crippen molar-refractivity contribution in [1.29, 1.82) is 0 Å². The van der Waals surface area contributed by atoms with Gasteiger partial charge in [0.1, 0.15) is 5.82 Å². The van der Waals surface area contributed by atoms with Crippen molar-refractivity contribution in [2.75, 3.05) is 31.2 Å². The van der Waals surface area contributed by atoms with Gasteiger partial charge in [-0.25, -0.2) is 4.68 Å². The quantitative estimate of drug-likeness (QED) is 0.728. The predicted molar refractivity (Wildman–Crippen MR) is 103 cm³/mol. The fourth-order valence-electron chi connectivity index (χ4n) is 3.16. The Morgan fingerprint density at radius 3 is 2.27 bits per heavy atom. The van der Waals surface area contributed by atoms with Gasteiger partial charge in [0.05, 0.1) is 25.3 Å². The fraction of sp³-hybridized carbons (Fsp3) is 0.238. The van der Waals surface area contributed by atoms with Crippen LogP contribution in [0.4, 0.5) is 5.82 Å². The van der Waals surface area contributed by atoms with Gasteiger partial charge in [0.2, 0.25) is 0 Å². The lowest BCUT2D eigenvalue weighted by atomic mass is 10.1. The molecule has 2 heterocycles. The first-order chi connectivity index (χ1) is 12.8. The van der Waals surface area contributed by atoms with E-state index in [1.54, 1.807) is 4.68 Å². The van der Waals surface area contributed by atoms with Crippen molar-refractivity contribution in [3.8, 4) is 11.1 Å². The van der Waals surface area contributed by atoms with Crippen molar-refractivity contribution in [3.05, 3.63) is 82.6 Å². The van der Waals surface area contributed by atoms with Crippen molar-refractivity contribution in [3.63, 3.8) is 0 Å². The van der Waals surface area contributed by atoms with E-state index in [1.165, 1.54) is 0 Å². The van der Waals surface area contributed by atoms with Crippen LogP contribution in [0.25, 0.3) is 11.1 Å². The summed E-state index contributed by atoms with van der Waals surface area (Å²) in [5.74, 6) is 0.822. The molecule has 1 fully saturated rings. The van der Waals surface area contributed by atoms with Crippen molar-refractivity contribution < 1.29 is 4.74 Å². The summed E-state index contributed by atoms with van der Waals surface area (Å²) in [7, 11) is 0. The minimum Gasteiger partial charge on any atom is -0.378 e. The molecule has 0 radical (unpaired) electrons. The Kier molecular flexibility index (Phi) is 4.80. The van der Waals surface area contributed by atoms with Crippen LogP contribution in [0.5, 0.6) is 0 Å². The van der Waals surface area contributed by atoms with E-state index < -0.39 is 0 Å². The molecule has 26 heavy (non-hydrogen) atoms. The second-order valence-corrected chi connectivity index (χ2v) is 6.33. The van der Waals surface area contributed by atoms with E-state index in [9.17, 15) is 4.79 Å². The van der Waals surface area contributed by atoms with Gasteiger partial charge >= 0.3 is 0 Å². The standard InChI is InChI=1S/C21H21N3O2/c25-21-19(18-9-5-2-6-10-18)15-20(23-11-13-26-14-12-23)22-24(21)16-17-7-3-1-4-8-17/h1-10,15H,11-14,16H2. The molecular weight excluding hydrogens is 326 g/mol. The molecular formula is C21H21N3O2. The molecule has 0 amide bonds. The van der Waals surface area contributed by atoms with Crippen LogP contribution in [-0.4, -0.2) is 36.1 Å².